The van der Waals surface area contributed by atoms with Crippen LogP contribution in [-0.4, -0.2) is 33.4 Å². The lowest BCUT2D eigenvalue weighted by atomic mass is 9.73. The van der Waals surface area contributed by atoms with Gasteiger partial charge in [-0.1, -0.05) is 40.7 Å². The molecule has 0 aliphatic carbocycles. The lowest BCUT2D eigenvalue weighted by Crippen LogP contribution is -2.56. The number of pyridine rings is 1. The van der Waals surface area contributed by atoms with Gasteiger partial charge in [0.1, 0.15) is 5.82 Å². The van der Waals surface area contributed by atoms with Crippen LogP contribution in [0.2, 0.25) is 0 Å². The van der Waals surface area contributed by atoms with E-state index in [9.17, 15) is 4.79 Å². The van der Waals surface area contributed by atoms with E-state index in [1.54, 1.807) is 0 Å². The monoisotopic (exact) mass is 343 g/mol. The number of fused-ring (bicyclic) bond motifs is 3. The normalized spacial score (nSPS) is 29.5. The average molecular weight is 344 g/mol. The van der Waals surface area contributed by atoms with Crippen LogP contribution in [0.25, 0.3) is 0 Å². The van der Waals surface area contributed by atoms with E-state index in [1.807, 2.05) is 33.0 Å². The van der Waals surface area contributed by atoms with Gasteiger partial charge in [-0.05, 0) is 38.7 Å². The molecule has 0 radical (unpaired) electrons. The predicted octanol–water partition coefficient (Wildman–Crippen LogP) is 4.29. The Kier molecular flexibility index (Phi) is 4.26. The summed E-state index contributed by atoms with van der Waals surface area (Å²) >= 11 is 0. The topological polar surface area (TPSA) is 45.2 Å². The maximum absolute atomic E-state index is 13.5. The largest absolute Gasteiger partial charge is 0.354 e. The van der Waals surface area contributed by atoms with Crippen LogP contribution in [0.3, 0.4) is 0 Å². The van der Waals surface area contributed by atoms with Crippen LogP contribution in [0.5, 0.6) is 0 Å². The second-order valence-electron chi connectivity index (χ2n) is 10.0. The van der Waals surface area contributed by atoms with Gasteiger partial charge in [-0.2, -0.15) is 0 Å². The number of Topliss-reactive ketones (excluding diaryl/α,β-unsaturated/α-hetero) is 1. The van der Waals surface area contributed by atoms with Gasteiger partial charge in [-0.25, -0.2) is 4.98 Å². The Morgan fingerprint density at radius 2 is 1.84 bits per heavy atom. The van der Waals surface area contributed by atoms with Gasteiger partial charge in [0, 0.05) is 28.6 Å². The molecule has 1 N–H and O–H groups in total. The van der Waals surface area contributed by atoms with Crippen molar-refractivity contribution < 1.29 is 4.79 Å². The lowest BCUT2D eigenvalue weighted by molar-refractivity contribution is -0.135. The van der Waals surface area contributed by atoms with E-state index in [4.69, 9.17) is 0 Å². The number of ketones is 1. The third kappa shape index (κ3) is 2.88. The second-order valence-corrected chi connectivity index (χ2v) is 10.0. The number of hydrogen-bond donors (Lipinski definition) is 1. The first-order valence-electron chi connectivity index (χ1n) is 9.49. The fraction of sp³-hybridized carbons (Fsp3) is 0.714. The highest BCUT2D eigenvalue weighted by Crippen LogP contribution is 2.54. The molecule has 1 fully saturated rings. The van der Waals surface area contributed by atoms with Gasteiger partial charge < -0.3 is 5.32 Å². The number of likely N-dealkylation sites (tertiary alicyclic amines) is 1. The number of anilines is 1. The smallest absolute Gasteiger partial charge is 0.155 e. The molecule has 1 aromatic heterocycles. The van der Waals surface area contributed by atoms with E-state index in [1.165, 1.54) is 5.56 Å². The van der Waals surface area contributed by atoms with Gasteiger partial charge in [0.15, 0.2) is 5.78 Å². The molecule has 3 rings (SSSR count). The Hall–Kier alpha value is -1.42. The molecule has 4 nitrogen and oxygen atoms in total. The van der Waals surface area contributed by atoms with E-state index >= 15 is 0 Å². The second kappa shape index (κ2) is 5.80. The van der Waals surface area contributed by atoms with Crippen molar-refractivity contribution in [1.82, 2.24) is 9.88 Å². The van der Waals surface area contributed by atoms with Gasteiger partial charge in [0.25, 0.3) is 0 Å². The first-order valence-corrected chi connectivity index (χ1v) is 9.49. The van der Waals surface area contributed by atoms with Crippen LogP contribution in [0.1, 0.15) is 66.9 Å². The molecule has 1 aromatic rings. The summed E-state index contributed by atoms with van der Waals surface area (Å²) in [5, 5.41) is 3.64. The fourth-order valence-electron chi connectivity index (χ4n) is 4.78. The van der Waals surface area contributed by atoms with Crippen molar-refractivity contribution in [2.75, 3.05) is 5.32 Å². The van der Waals surface area contributed by atoms with Crippen molar-refractivity contribution in [1.29, 1.82) is 0 Å². The maximum atomic E-state index is 13.5. The molecular weight excluding hydrogens is 310 g/mol. The summed E-state index contributed by atoms with van der Waals surface area (Å²) in [6.45, 7) is 17.3. The third-order valence-corrected chi connectivity index (χ3v) is 5.75. The van der Waals surface area contributed by atoms with E-state index in [0.717, 1.165) is 5.82 Å². The highest BCUT2D eigenvalue weighted by atomic mass is 16.1. The first kappa shape index (κ1) is 18.4. The average Bonchev–Trinajstić information content (AvgIpc) is 2.97. The Morgan fingerprint density at radius 3 is 2.36 bits per heavy atom. The minimum Gasteiger partial charge on any atom is -0.354 e. The zero-order valence-electron chi connectivity index (χ0n) is 16.9. The zero-order chi connectivity index (χ0) is 18.7. The van der Waals surface area contributed by atoms with Crippen molar-refractivity contribution >= 4 is 11.6 Å². The number of nitrogens with one attached hydrogen (secondary N) is 1. The first-order chi connectivity index (χ1) is 11.4. The number of aromatic nitrogens is 1. The summed E-state index contributed by atoms with van der Waals surface area (Å²) in [5.41, 5.74) is 0.815. The molecule has 4 atom stereocenters. The fourth-order valence-corrected chi connectivity index (χ4v) is 4.78. The number of carbonyl (C=O) groups is 1. The molecule has 3 heterocycles. The number of hydrogen-bond acceptors (Lipinski definition) is 4. The molecule has 4 unspecified atom stereocenters. The van der Waals surface area contributed by atoms with Crippen LogP contribution >= 0.6 is 0 Å². The van der Waals surface area contributed by atoms with Crippen LogP contribution in [-0.2, 0) is 4.79 Å². The van der Waals surface area contributed by atoms with E-state index < -0.39 is 0 Å². The minimum atomic E-state index is -0.349. The Bertz CT molecular complexity index is 668. The van der Waals surface area contributed by atoms with Crippen molar-refractivity contribution in [3.8, 4) is 0 Å². The van der Waals surface area contributed by atoms with E-state index in [0.29, 0.717) is 17.6 Å². The molecule has 2 aliphatic heterocycles. The van der Waals surface area contributed by atoms with Gasteiger partial charge in [-0.3, -0.25) is 9.69 Å². The molecule has 25 heavy (non-hydrogen) atoms. The highest BCUT2D eigenvalue weighted by Gasteiger charge is 2.59. The summed E-state index contributed by atoms with van der Waals surface area (Å²) in [7, 11) is 0. The Labute approximate surface area is 152 Å². The molecule has 0 saturated carbocycles. The van der Waals surface area contributed by atoms with Gasteiger partial charge in [0.2, 0.25) is 0 Å². The van der Waals surface area contributed by atoms with E-state index in [-0.39, 0.29) is 29.1 Å². The molecule has 0 spiro atoms. The Morgan fingerprint density at radius 1 is 1.20 bits per heavy atom. The number of nitrogens with zero attached hydrogens (tertiary/aromatic N) is 2. The number of carbonyl (C=O) groups excluding carboxylic acids is 1. The van der Waals surface area contributed by atoms with Crippen molar-refractivity contribution in [3.63, 3.8) is 0 Å². The van der Waals surface area contributed by atoms with Gasteiger partial charge in [0.05, 0.1) is 12.2 Å². The van der Waals surface area contributed by atoms with Gasteiger partial charge >= 0.3 is 0 Å². The third-order valence-electron chi connectivity index (χ3n) is 5.75. The van der Waals surface area contributed by atoms with Crippen LogP contribution in [0, 0.1) is 17.3 Å². The lowest BCUT2D eigenvalue weighted by Gasteiger charge is -2.43. The molecule has 2 aliphatic rings. The quantitative estimate of drug-likeness (QED) is 0.870. The minimum absolute atomic E-state index is 0.0733. The molecular formula is C21H33N3O. The molecule has 138 valence electrons. The zero-order valence-corrected chi connectivity index (χ0v) is 16.9. The highest BCUT2D eigenvalue weighted by molar-refractivity contribution is 5.90. The summed E-state index contributed by atoms with van der Waals surface area (Å²) in [6.07, 6.45) is 1.98. The van der Waals surface area contributed by atoms with Crippen molar-refractivity contribution in [2.45, 2.75) is 79.1 Å². The molecule has 1 saturated heterocycles. The maximum Gasteiger partial charge on any atom is 0.155 e. The standard InChI is InChI=1S/C21H33N3O/c1-12(2)14-15-13-10-9-11-22-18(13)23-19(15)24(21(6,7)8)16(14)17(25)20(3,4)5/h9-12,14-16,19H,1-8H3,(H,22,23). The molecule has 0 bridgehead atoms. The molecule has 4 heteroatoms. The molecule has 0 amide bonds. The summed E-state index contributed by atoms with van der Waals surface area (Å²) in [6, 6.07) is 4.12. The Balaban J connectivity index is 2.16. The van der Waals surface area contributed by atoms with Crippen LogP contribution < -0.4 is 5.32 Å². The molecule has 0 aromatic carbocycles. The van der Waals surface area contributed by atoms with Crippen molar-refractivity contribution in [2.24, 2.45) is 17.3 Å². The van der Waals surface area contributed by atoms with E-state index in [2.05, 4.69) is 55.9 Å². The summed E-state index contributed by atoms with van der Waals surface area (Å²) in [5.74, 6) is 2.35. The van der Waals surface area contributed by atoms with Crippen LogP contribution in [0.4, 0.5) is 5.82 Å². The summed E-state index contributed by atoms with van der Waals surface area (Å²) < 4.78 is 0. The summed E-state index contributed by atoms with van der Waals surface area (Å²) in [4.78, 5) is 20.5. The van der Waals surface area contributed by atoms with Gasteiger partial charge in [-0.15, -0.1) is 0 Å². The number of rotatable bonds is 2. The SMILES string of the molecule is CC(C)C1C2c3cccnc3NC2N(C(C)(C)C)C1C(=O)C(C)(C)C. The predicted molar refractivity (Wildman–Crippen MR) is 103 cm³/mol. The van der Waals surface area contributed by atoms with Crippen LogP contribution in [0.15, 0.2) is 18.3 Å². The van der Waals surface area contributed by atoms with Crippen molar-refractivity contribution in [3.05, 3.63) is 23.9 Å².